The average molecular weight is 170 g/mol. The molecule has 0 aliphatic heterocycles. The van der Waals surface area contributed by atoms with Gasteiger partial charge in [0.1, 0.15) is 0 Å². The summed E-state index contributed by atoms with van der Waals surface area (Å²) < 4.78 is 4.84. The molecule has 2 atom stereocenters. The van der Waals surface area contributed by atoms with Gasteiger partial charge in [-0.05, 0) is 18.1 Å². The Morgan fingerprint density at radius 3 is 2.67 bits per heavy atom. The molecule has 12 heavy (non-hydrogen) atoms. The Labute approximate surface area is 71.6 Å². The molecule has 0 aliphatic rings. The molecular weight excluding hydrogens is 156 g/mol. The predicted molar refractivity (Wildman–Crippen MR) is 44.7 cm³/mol. The molecule has 1 aromatic heterocycles. The van der Waals surface area contributed by atoms with Crippen molar-refractivity contribution in [3.8, 4) is 0 Å². The van der Waals surface area contributed by atoms with E-state index in [1.807, 2.05) is 6.92 Å². The fourth-order valence-corrected chi connectivity index (χ4v) is 1.06. The standard InChI is InChI=1S/C9H14O3/c1-2-8(10)9(11)5-7-3-4-12-6-7/h3-4,6,8-11H,2,5H2,1H3. The van der Waals surface area contributed by atoms with E-state index in [0.29, 0.717) is 12.8 Å². The number of hydrogen-bond donors (Lipinski definition) is 2. The van der Waals surface area contributed by atoms with Gasteiger partial charge in [0, 0.05) is 6.42 Å². The zero-order valence-electron chi connectivity index (χ0n) is 7.10. The van der Waals surface area contributed by atoms with Gasteiger partial charge < -0.3 is 14.6 Å². The van der Waals surface area contributed by atoms with E-state index in [2.05, 4.69) is 0 Å². The van der Waals surface area contributed by atoms with E-state index < -0.39 is 12.2 Å². The summed E-state index contributed by atoms with van der Waals surface area (Å²) in [5.41, 5.74) is 0.912. The summed E-state index contributed by atoms with van der Waals surface area (Å²) in [6, 6.07) is 1.78. The van der Waals surface area contributed by atoms with E-state index in [-0.39, 0.29) is 0 Å². The Morgan fingerprint density at radius 1 is 1.42 bits per heavy atom. The van der Waals surface area contributed by atoms with Gasteiger partial charge in [0.15, 0.2) is 0 Å². The molecule has 0 spiro atoms. The Bertz CT molecular complexity index is 206. The van der Waals surface area contributed by atoms with Crippen molar-refractivity contribution in [2.45, 2.75) is 32.0 Å². The minimum Gasteiger partial charge on any atom is -0.472 e. The third-order valence-electron chi connectivity index (χ3n) is 1.89. The molecule has 68 valence electrons. The topological polar surface area (TPSA) is 53.6 Å². The van der Waals surface area contributed by atoms with Crippen LogP contribution in [0.25, 0.3) is 0 Å². The van der Waals surface area contributed by atoms with Gasteiger partial charge in [0.05, 0.1) is 24.7 Å². The summed E-state index contributed by atoms with van der Waals surface area (Å²) in [6.45, 7) is 1.84. The van der Waals surface area contributed by atoms with E-state index in [1.54, 1.807) is 18.6 Å². The van der Waals surface area contributed by atoms with Gasteiger partial charge in [-0.3, -0.25) is 0 Å². The van der Waals surface area contributed by atoms with Crippen molar-refractivity contribution >= 4 is 0 Å². The quantitative estimate of drug-likeness (QED) is 0.707. The third-order valence-corrected chi connectivity index (χ3v) is 1.89. The summed E-state index contributed by atoms with van der Waals surface area (Å²) in [7, 11) is 0. The summed E-state index contributed by atoms with van der Waals surface area (Å²) in [5.74, 6) is 0. The lowest BCUT2D eigenvalue weighted by atomic mass is 10.1. The predicted octanol–water partition coefficient (Wildman–Crippen LogP) is 0.954. The molecule has 0 aromatic carbocycles. The van der Waals surface area contributed by atoms with Crippen LogP contribution in [0.1, 0.15) is 18.9 Å². The highest BCUT2D eigenvalue weighted by atomic mass is 16.3. The number of aliphatic hydroxyl groups excluding tert-OH is 2. The highest BCUT2D eigenvalue weighted by Gasteiger charge is 2.14. The lowest BCUT2D eigenvalue weighted by molar-refractivity contribution is 0.0181. The molecule has 3 nitrogen and oxygen atoms in total. The minimum absolute atomic E-state index is 0.450. The Balaban J connectivity index is 2.41. The second-order valence-electron chi connectivity index (χ2n) is 2.88. The molecule has 1 rings (SSSR count). The van der Waals surface area contributed by atoms with Gasteiger partial charge in [0.2, 0.25) is 0 Å². The lowest BCUT2D eigenvalue weighted by Gasteiger charge is -2.14. The number of furan rings is 1. The summed E-state index contributed by atoms with van der Waals surface area (Å²) in [5, 5.41) is 18.6. The second kappa shape index (κ2) is 4.28. The van der Waals surface area contributed by atoms with Crippen molar-refractivity contribution in [2.75, 3.05) is 0 Å². The van der Waals surface area contributed by atoms with Crippen molar-refractivity contribution in [1.29, 1.82) is 0 Å². The first kappa shape index (κ1) is 9.29. The lowest BCUT2D eigenvalue weighted by Crippen LogP contribution is -2.26. The van der Waals surface area contributed by atoms with Crippen molar-refractivity contribution < 1.29 is 14.6 Å². The smallest absolute Gasteiger partial charge is 0.0935 e. The number of rotatable bonds is 4. The second-order valence-corrected chi connectivity index (χ2v) is 2.88. The monoisotopic (exact) mass is 170 g/mol. The van der Waals surface area contributed by atoms with Gasteiger partial charge in [-0.25, -0.2) is 0 Å². The fraction of sp³-hybridized carbons (Fsp3) is 0.556. The molecule has 0 fully saturated rings. The van der Waals surface area contributed by atoms with Crippen LogP contribution in [0.3, 0.4) is 0 Å². The molecule has 0 aliphatic carbocycles. The van der Waals surface area contributed by atoms with Gasteiger partial charge in [-0.1, -0.05) is 6.92 Å². The van der Waals surface area contributed by atoms with E-state index in [0.717, 1.165) is 5.56 Å². The highest BCUT2D eigenvalue weighted by Crippen LogP contribution is 2.08. The summed E-state index contributed by atoms with van der Waals surface area (Å²) in [6.07, 6.45) is 2.82. The van der Waals surface area contributed by atoms with Crippen LogP contribution in [0.15, 0.2) is 23.0 Å². The zero-order chi connectivity index (χ0) is 8.97. The number of aliphatic hydroxyl groups is 2. The first-order chi connectivity index (χ1) is 5.74. The average Bonchev–Trinajstić information content (AvgIpc) is 2.55. The van der Waals surface area contributed by atoms with Crippen LogP contribution in [0.4, 0.5) is 0 Å². The third kappa shape index (κ3) is 2.36. The largest absolute Gasteiger partial charge is 0.472 e. The van der Waals surface area contributed by atoms with Gasteiger partial charge in [0.25, 0.3) is 0 Å². The molecule has 2 unspecified atom stereocenters. The van der Waals surface area contributed by atoms with Crippen LogP contribution in [0.5, 0.6) is 0 Å². The first-order valence-corrected chi connectivity index (χ1v) is 4.11. The van der Waals surface area contributed by atoms with Crippen molar-refractivity contribution in [2.24, 2.45) is 0 Å². The van der Waals surface area contributed by atoms with Crippen LogP contribution in [-0.2, 0) is 6.42 Å². The maximum atomic E-state index is 9.40. The van der Waals surface area contributed by atoms with Crippen LogP contribution in [0, 0.1) is 0 Å². The Morgan fingerprint density at radius 2 is 2.17 bits per heavy atom. The van der Waals surface area contributed by atoms with Crippen LogP contribution in [0.2, 0.25) is 0 Å². The molecule has 0 saturated carbocycles. The molecule has 0 bridgehead atoms. The highest BCUT2D eigenvalue weighted by molar-refractivity contribution is 5.06. The van der Waals surface area contributed by atoms with Crippen molar-refractivity contribution in [3.05, 3.63) is 24.2 Å². The zero-order valence-corrected chi connectivity index (χ0v) is 7.10. The SMILES string of the molecule is CCC(O)C(O)Cc1ccoc1. The molecule has 1 heterocycles. The molecule has 0 saturated heterocycles. The van der Waals surface area contributed by atoms with Gasteiger partial charge in [-0.2, -0.15) is 0 Å². The molecule has 0 amide bonds. The van der Waals surface area contributed by atoms with Gasteiger partial charge in [-0.15, -0.1) is 0 Å². The first-order valence-electron chi connectivity index (χ1n) is 4.11. The van der Waals surface area contributed by atoms with Crippen LogP contribution < -0.4 is 0 Å². The van der Waals surface area contributed by atoms with E-state index >= 15 is 0 Å². The van der Waals surface area contributed by atoms with E-state index in [1.165, 1.54) is 0 Å². The number of hydrogen-bond acceptors (Lipinski definition) is 3. The molecule has 2 N–H and O–H groups in total. The van der Waals surface area contributed by atoms with Crippen LogP contribution in [-0.4, -0.2) is 22.4 Å². The summed E-state index contributed by atoms with van der Waals surface area (Å²) in [4.78, 5) is 0. The fourth-order valence-electron chi connectivity index (χ4n) is 1.06. The Kier molecular flexibility index (Phi) is 3.31. The van der Waals surface area contributed by atoms with Crippen molar-refractivity contribution in [3.63, 3.8) is 0 Å². The molecule has 3 heteroatoms. The Hall–Kier alpha value is -0.800. The summed E-state index contributed by atoms with van der Waals surface area (Å²) >= 11 is 0. The minimum atomic E-state index is -0.687. The van der Waals surface area contributed by atoms with E-state index in [4.69, 9.17) is 4.42 Å². The maximum Gasteiger partial charge on any atom is 0.0935 e. The molecular formula is C9H14O3. The molecule has 1 aromatic rings. The van der Waals surface area contributed by atoms with E-state index in [9.17, 15) is 10.2 Å². The normalized spacial score (nSPS) is 15.9. The van der Waals surface area contributed by atoms with Crippen LogP contribution >= 0.6 is 0 Å². The maximum absolute atomic E-state index is 9.40. The van der Waals surface area contributed by atoms with Crippen molar-refractivity contribution in [1.82, 2.24) is 0 Å². The van der Waals surface area contributed by atoms with Gasteiger partial charge >= 0.3 is 0 Å². The molecule has 0 radical (unpaired) electrons.